The Labute approximate surface area is 149 Å². The van der Waals surface area contributed by atoms with Crippen LogP contribution in [0.2, 0.25) is 0 Å². The second-order valence-electron chi connectivity index (χ2n) is 7.44. The summed E-state index contributed by atoms with van der Waals surface area (Å²) in [5.74, 6) is 0.954. The van der Waals surface area contributed by atoms with Crippen LogP contribution in [0.5, 0.6) is 5.75 Å². The van der Waals surface area contributed by atoms with Gasteiger partial charge in [-0.15, -0.1) is 0 Å². The van der Waals surface area contributed by atoms with E-state index in [9.17, 15) is 9.90 Å². The summed E-state index contributed by atoms with van der Waals surface area (Å²) in [7, 11) is 1.64. The van der Waals surface area contributed by atoms with E-state index in [-0.39, 0.29) is 11.5 Å². The number of piperidine rings is 1. The molecule has 1 unspecified atom stereocenters. The summed E-state index contributed by atoms with van der Waals surface area (Å²) in [6, 6.07) is 7.64. The molecule has 25 heavy (non-hydrogen) atoms. The maximum atomic E-state index is 12.6. The Kier molecular flexibility index (Phi) is 5.35. The molecule has 1 atom stereocenters. The highest BCUT2D eigenvalue weighted by atomic mass is 16.5. The number of methoxy groups -OCH3 is 1. The Bertz CT molecular complexity index is 592. The maximum Gasteiger partial charge on any atom is 0.226 e. The predicted octanol–water partition coefficient (Wildman–Crippen LogP) is 2.55. The van der Waals surface area contributed by atoms with Crippen molar-refractivity contribution >= 4 is 5.91 Å². The molecule has 2 aliphatic heterocycles. The number of rotatable bonds is 4. The molecule has 1 spiro atoms. The van der Waals surface area contributed by atoms with E-state index >= 15 is 0 Å². The molecular formula is C20H29NO4. The lowest BCUT2D eigenvalue weighted by Gasteiger charge is -2.49. The van der Waals surface area contributed by atoms with Crippen molar-refractivity contribution in [2.24, 2.45) is 0 Å². The highest BCUT2D eigenvalue weighted by Gasteiger charge is 2.46. The number of hydrogen-bond donors (Lipinski definition) is 1. The molecule has 2 saturated heterocycles. The molecule has 1 aromatic rings. The third-order valence-electron chi connectivity index (χ3n) is 5.83. The van der Waals surface area contributed by atoms with Gasteiger partial charge >= 0.3 is 0 Å². The monoisotopic (exact) mass is 347 g/mol. The Morgan fingerprint density at radius 1 is 1.24 bits per heavy atom. The molecule has 1 aromatic carbocycles. The summed E-state index contributed by atoms with van der Waals surface area (Å²) >= 11 is 0. The van der Waals surface area contributed by atoms with Gasteiger partial charge in [0.05, 0.1) is 31.3 Å². The summed E-state index contributed by atoms with van der Waals surface area (Å²) < 4.78 is 11.2. The molecule has 2 aliphatic rings. The Hall–Kier alpha value is -1.59. The summed E-state index contributed by atoms with van der Waals surface area (Å²) in [4.78, 5) is 14.5. The Morgan fingerprint density at radius 3 is 2.52 bits per heavy atom. The number of nitrogens with zero attached hydrogens (tertiary/aromatic N) is 1. The van der Waals surface area contributed by atoms with Crippen molar-refractivity contribution in [3.63, 3.8) is 0 Å². The van der Waals surface area contributed by atoms with Gasteiger partial charge in [0.15, 0.2) is 0 Å². The van der Waals surface area contributed by atoms with Gasteiger partial charge in [-0.2, -0.15) is 0 Å². The van der Waals surface area contributed by atoms with Gasteiger partial charge in [-0.25, -0.2) is 0 Å². The molecule has 2 fully saturated rings. The van der Waals surface area contributed by atoms with Crippen molar-refractivity contribution in [1.29, 1.82) is 0 Å². The number of amides is 1. The Balaban J connectivity index is 1.55. The van der Waals surface area contributed by atoms with Gasteiger partial charge < -0.3 is 19.5 Å². The summed E-state index contributed by atoms with van der Waals surface area (Å²) in [5, 5.41) is 10.6. The topological polar surface area (TPSA) is 59.0 Å². The molecule has 0 bridgehead atoms. The second kappa shape index (κ2) is 7.34. The summed E-state index contributed by atoms with van der Waals surface area (Å²) in [6.45, 7) is 4.06. The lowest BCUT2D eigenvalue weighted by molar-refractivity contribution is -0.181. The van der Waals surface area contributed by atoms with Crippen LogP contribution in [0.3, 0.4) is 0 Å². The lowest BCUT2D eigenvalue weighted by Crippen LogP contribution is -2.55. The van der Waals surface area contributed by atoms with Crippen molar-refractivity contribution in [2.45, 2.75) is 56.7 Å². The van der Waals surface area contributed by atoms with Crippen molar-refractivity contribution < 1.29 is 19.4 Å². The minimum atomic E-state index is -0.604. The quantitative estimate of drug-likeness (QED) is 0.909. The van der Waals surface area contributed by atoms with E-state index in [2.05, 4.69) is 0 Å². The third-order valence-corrected chi connectivity index (χ3v) is 5.83. The fourth-order valence-electron chi connectivity index (χ4n) is 4.01. The average molecular weight is 347 g/mol. The van der Waals surface area contributed by atoms with Crippen LogP contribution in [0.4, 0.5) is 0 Å². The molecule has 138 valence electrons. The first kappa shape index (κ1) is 18.2. The highest BCUT2D eigenvalue weighted by molar-refractivity contribution is 5.79. The molecule has 1 amide bonds. The molecule has 3 rings (SSSR count). The third kappa shape index (κ3) is 4.15. The van der Waals surface area contributed by atoms with Crippen LogP contribution in [0.25, 0.3) is 0 Å². The standard InChI is InChI=1S/C20H29NO4/c1-3-19(23)10-13-25-20(15-19)8-11-21(12-9-20)18(22)14-16-4-6-17(24-2)7-5-16/h4-7,23H,3,8-15H2,1-2H3. The minimum Gasteiger partial charge on any atom is -0.497 e. The average Bonchev–Trinajstić information content (AvgIpc) is 2.63. The lowest BCUT2D eigenvalue weighted by atomic mass is 9.76. The zero-order chi connectivity index (χ0) is 17.9. The highest BCUT2D eigenvalue weighted by Crippen LogP contribution is 2.40. The SMILES string of the molecule is CCC1(O)CCOC2(CCN(C(=O)Cc3ccc(OC)cc3)CC2)C1. The minimum absolute atomic E-state index is 0.154. The Morgan fingerprint density at radius 2 is 1.92 bits per heavy atom. The number of likely N-dealkylation sites (tertiary alicyclic amines) is 1. The van der Waals surface area contributed by atoms with Crippen molar-refractivity contribution in [3.05, 3.63) is 29.8 Å². The van der Waals surface area contributed by atoms with E-state index in [1.165, 1.54) is 0 Å². The fourth-order valence-corrected chi connectivity index (χ4v) is 4.01. The van der Waals surface area contributed by atoms with E-state index in [0.717, 1.165) is 30.6 Å². The summed E-state index contributed by atoms with van der Waals surface area (Å²) in [6.07, 6.45) is 4.20. The number of hydrogen-bond acceptors (Lipinski definition) is 4. The van der Waals surface area contributed by atoms with Crippen LogP contribution in [0.15, 0.2) is 24.3 Å². The molecule has 5 heteroatoms. The zero-order valence-electron chi connectivity index (χ0n) is 15.3. The van der Waals surface area contributed by atoms with E-state index in [4.69, 9.17) is 9.47 Å². The van der Waals surface area contributed by atoms with Crippen LogP contribution in [-0.2, 0) is 16.0 Å². The predicted molar refractivity (Wildman–Crippen MR) is 95.7 cm³/mol. The molecule has 0 radical (unpaired) electrons. The molecule has 5 nitrogen and oxygen atoms in total. The van der Waals surface area contributed by atoms with Gasteiger partial charge in [0, 0.05) is 19.5 Å². The van der Waals surface area contributed by atoms with Crippen molar-refractivity contribution in [2.75, 3.05) is 26.8 Å². The van der Waals surface area contributed by atoms with Gasteiger partial charge in [0.25, 0.3) is 0 Å². The van der Waals surface area contributed by atoms with Gasteiger partial charge in [-0.05, 0) is 43.4 Å². The van der Waals surface area contributed by atoms with Crippen LogP contribution in [0.1, 0.15) is 44.6 Å². The van der Waals surface area contributed by atoms with Gasteiger partial charge in [-0.1, -0.05) is 19.1 Å². The van der Waals surface area contributed by atoms with E-state index in [1.54, 1.807) is 7.11 Å². The first-order chi connectivity index (χ1) is 12.0. The van der Waals surface area contributed by atoms with Crippen LogP contribution < -0.4 is 4.74 Å². The number of carbonyl (C=O) groups excluding carboxylic acids is 1. The van der Waals surface area contributed by atoms with Crippen LogP contribution in [0, 0.1) is 0 Å². The largest absolute Gasteiger partial charge is 0.497 e. The van der Waals surface area contributed by atoms with E-state index in [1.807, 2.05) is 36.1 Å². The zero-order valence-corrected chi connectivity index (χ0v) is 15.3. The van der Waals surface area contributed by atoms with Crippen molar-refractivity contribution in [1.82, 2.24) is 4.90 Å². The molecule has 2 heterocycles. The van der Waals surface area contributed by atoms with E-state index < -0.39 is 5.60 Å². The van der Waals surface area contributed by atoms with E-state index in [0.29, 0.717) is 39.0 Å². The number of aliphatic hydroxyl groups is 1. The number of carbonyl (C=O) groups is 1. The molecular weight excluding hydrogens is 318 g/mol. The smallest absolute Gasteiger partial charge is 0.226 e. The fraction of sp³-hybridized carbons (Fsp3) is 0.650. The normalized spacial score (nSPS) is 25.8. The van der Waals surface area contributed by atoms with Gasteiger partial charge in [-0.3, -0.25) is 4.79 Å². The summed E-state index contributed by atoms with van der Waals surface area (Å²) in [5.41, 5.74) is 0.147. The second-order valence-corrected chi connectivity index (χ2v) is 7.44. The molecule has 0 aromatic heterocycles. The molecule has 1 N–H and O–H groups in total. The first-order valence-corrected chi connectivity index (χ1v) is 9.25. The molecule has 0 aliphatic carbocycles. The molecule has 0 saturated carbocycles. The van der Waals surface area contributed by atoms with Gasteiger partial charge in [0.2, 0.25) is 5.91 Å². The van der Waals surface area contributed by atoms with Gasteiger partial charge in [0.1, 0.15) is 5.75 Å². The maximum absolute atomic E-state index is 12.6. The number of ether oxygens (including phenoxy) is 2. The van der Waals surface area contributed by atoms with Crippen LogP contribution in [-0.4, -0.2) is 53.9 Å². The van der Waals surface area contributed by atoms with Crippen molar-refractivity contribution in [3.8, 4) is 5.75 Å². The first-order valence-electron chi connectivity index (χ1n) is 9.25. The van der Waals surface area contributed by atoms with Crippen LogP contribution >= 0.6 is 0 Å². The number of benzene rings is 1.